The minimum absolute atomic E-state index is 0.140. The van der Waals surface area contributed by atoms with E-state index >= 15 is 0 Å². The molecule has 4 heterocycles. The van der Waals surface area contributed by atoms with Crippen LogP contribution < -0.4 is 15.8 Å². The maximum Gasteiger partial charge on any atom is 0.267 e. The Bertz CT molecular complexity index is 1560. The summed E-state index contributed by atoms with van der Waals surface area (Å²) < 4.78 is 6.73. The van der Waals surface area contributed by atoms with Crippen molar-refractivity contribution in [2.75, 3.05) is 18.0 Å². The lowest BCUT2D eigenvalue weighted by atomic mass is 9.90. The Kier molecular flexibility index (Phi) is 7.36. The highest BCUT2D eigenvalue weighted by Gasteiger charge is 2.25. The quantitative estimate of drug-likeness (QED) is 0.296. The van der Waals surface area contributed by atoms with Gasteiger partial charge in [0.05, 0.1) is 18.4 Å². The average Bonchev–Trinajstić information content (AvgIpc) is 3.47. The van der Waals surface area contributed by atoms with Crippen LogP contribution in [-0.4, -0.2) is 28.4 Å². The van der Waals surface area contributed by atoms with Crippen LogP contribution in [0.3, 0.4) is 0 Å². The smallest absolute Gasteiger partial charge is 0.267 e. The molecule has 8 nitrogen and oxygen atoms in total. The normalized spacial score (nSPS) is 14.4. The van der Waals surface area contributed by atoms with Crippen molar-refractivity contribution in [3.63, 3.8) is 0 Å². The molecule has 5 rings (SSSR count). The number of pyridine rings is 1. The van der Waals surface area contributed by atoms with Crippen LogP contribution in [0, 0.1) is 24.2 Å². The first-order chi connectivity index (χ1) is 18.5. The lowest BCUT2D eigenvalue weighted by Gasteiger charge is -2.33. The van der Waals surface area contributed by atoms with Gasteiger partial charge in [-0.05, 0) is 67.5 Å². The molecule has 0 aliphatic carbocycles. The van der Waals surface area contributed by atoms with Crippen LogP contribution in [0.4, 0.5) is 5.82 Å². The number of benzene rings is 1. The first-order valence-electron chi connectivity index (χ1n) is 12.8. The fourth-order valence-corrected chi connectivity index (χ4v) is 4.93. The minimum atomic E-state index is -0.579. The van der Waals surface area contributed by atoms with Crippen LogP contribution in [-0.2, 0) is 17.8 Å². The Morgan fingerprint density at radius 3 is 2.66 bits per heavy atom. The van der Waals surface area contributed by atoms with E-state index in [2.05, 4.69) is 34.5 Å². The maximum atomic E-state index is 13.7. The number of aromatic nitrogens is 2. The van der Waals surface area contributed by atoms with Crippen molar-refractivity contribution in [3.8, 4) is 6.07 Å². The molecule has 0 radical (unpaired) electrons. The molecule has 0 saturated carbocycles. The van der Waals surface area contributed by atoms with E-state index in [9.17, 15) is 14.9 Å². The third kappa shape index (κ3) is 5.37. The summed E-state index contributed by atoms with van der Waals surface area (Å²) in [4.78, 5) is 33.5. The van der Waals surface area contributed by atoms with Crippen molar-refractivity contribution in [2.45, 2.75) is 32.7 Å². The number of carbonyl (C=O) groups is 1. The summed E-state index contributed by atoms with van der Waals surface area (Å²) in [7, 11) is 0. The maximum absolute atomic E-state index is 13.7. The van der Waals surface area contributed by atoms with Crippen LogP contribution in [0.5, 0.6) is 0 Å². The van der Waals surface area contributed by atoms with E-state index in [1.807, 2.05) is 25.1 Å². The Morgan fingerprint density at radius 1 is 1.16 bits per heavy atom. The van der Waals surface area contributed by atoms with Gasteiger partial charge in [0.2, 0.25) is 0 Å². The van der Waals surface area contributed by atoms with E-state index in [0.717, 1.165) is 37.9 Å². The number of hydrogen-bond donors (Lipinski definition) is 1. The molecule has 4 aromatic rings. The number of nitrogens with zero attached hydrogens (tertiary/aromatic N) is 4. The average molecular weight is 508 g/mol. The lowest BCUT2D eigenvalue weighted by molar-refractivity contribution is -0.117. The number of aryl methyl sites for hydroxylation is 1. The van der Waals surface area contributed by atoms with Crippen LogP contribution in [0.15, 0.2) is 81.8 Å². The van der Waals surface area contributed by atoms with Crippen molar-refractivity contribution in [1.29, 1.82) is 5.26 Å². The molecule has 1 saturated heterocycles. The first kappa shape index (κ1) is 25.0. The third-order valence-electron chi connectivity index (χ3n) is 7.00. The summed E-state index contributed by atoms with van der Waals surface area (Å²) in [5, 5.41) is 12.5. The molecule has 1 amide bonds. The molecule has 1 aliphatic rings. The van der Waals surface area contributed by atoms with Gasteiger partial charge >= 0.3 is 0 Å². The zero-order valence-corrected chi connectivity index (χ0v) is 21.3. The van der Waals surface area contributed by atoms with Crippen molar-refractivity contribution in [1.82, 2.24) is 14.7 Å². The van der Waals surface area contributed by atoms with E-state index < -0.39 is 5.91 Å². The fourth-order valence-electron chi connectivity index (χ4n) is 4.93. The van der Waals surface area contributed by atoms with Crippen molar-refractivity contribution in [3.05, 3.63) is 105 Å². The number of anilines is 1. The topological polar surface area (TPSA) is 104 Å². The highest BCUT2D eigenvalue weighted by Crippen LogP contribution is 2.28. The second kappa shape index (κ2) is 11.2. The molecular weight excluding hydrogens is 478 g/mol. The van der Waals surface area contributed by atoms with Crippen LogP contribution in [0.1, 0.15) is 35.3 Å². The summed E-state index contributed by atoms with van der Waals surface area (Å²) in [6, 6.07) is 19.6. The Hall–Kier alpha value is -4.64. The zero-order chi connectivity index (χ0) is 26.5. The SMILES string of the molecule is Cc1cccn2c(=O)c(C=C(C#N)C(=O)NCc3ccco3)c(N3CCC(Cc4ccccc4)CC3)nc12. The molecule has 0 spiro atoms. The zero-order valence-electron chi connectivity index (χ0n) is 21.3. The van der Waals surface area contributed by atoms with Crippen molar-refractivity contribution < 1.29 is 9.21 Å². The molecule has 0 atom stereocenters. The monoisotopic (exact) mass is 507 g/mol. The molecule has 1 N–H and O–H groups in total. The number of piperidine rings is 1. The van der Waals surface area contributed by atoms with Gasteiger partial charge < -0.3 is 14.6 Å². The molecular formula is C30H29N5O3. The predicted molar refractivity (Wildman–Crippen MR) is 145 cm³/mol. The van der Waals surface area contributed by atoms with E-state index in [-0.39, 0.29) is 23.2 Å². The Balaban J connectivity index is 1.46. The summed E-state index contributed by atoms with van der Waals surface area (Å²) in [6.07, 6.45) is 7.48. The fraction of sp³-hybridized carbons (Fsp3) is 0.267. The van der Waals surface area contributed by atoms with Crippen LogP contribution >= 0.6 is 0 Å². The number of rotatable bonds is 7. The van der Waals surface area contributed by atoms with Gasteiger partial charge in [-0.25, -0.2) is 4.98 Å². The van der Waals surface area contributed by atoms with E-state index in [1.165, 1.54) is 22.3 Å². The summed E-state index contributed by atoms with van der Waals surface area (Å²) in [6.45, 7) is 3.52. The number of furan rings is 1. The molecule has 0 bridgehead atoms. The molecule has 1 fully saturated rings. The second-order valence-electron chi connectivity index (χ2n) is 9.59. The van der Waals surface area contributed by atoms with Gasteiger partial charge in [0, 0.05) is 19.3 Å². The minimum Gasteiger partial charge on any atom is -0.467 e. The summed E-state index contributed by atoms with van der Waals surface area (Å²) in [5.41, 5.74) is 2.52. The number of hydrogen-bond acceptors (Lipinski definition) is 6. The third-order valence-corrected chi connectivity index (χ3v) is 7.00. The first-order valence-corrected chi connectivity index (χ1v) is 12.8. The number of amides is 1. The Labute approximate surface area is 220 Å². The second-order valence-corrected chi connectivity index (χ2v) is 9.59. The highest BCUT2D eigenvalue weighted by molar-refractivity contribution is 6.02. The number of nitriles is 1. The van der Waals surface area contributed by atoms with Gasteiger partial charge in [-0.3, -0.25) is 14.0 Å². The molecule has 8 heteroatoms. The largest absolute Gasteiger partial charge is 0.467 e. The van der Waals surface area contributed by atoms with E-state index in [4.69, 9.17) is 9.40 Å². The van der Waals surface area contributed by atoms with E-state index in [0.29, 0.717) is 23.1 Å². The van der Waals surface area contributed by atoms with E-state index in [1.54, 1.807) is 24.4 Å². The predicted octanol–water partition coefficient (Wildman–Crippen LogP) is 4.28. The Morgan fingerprint density at radius 2 is 1.95 bits per heavy atom. The summed E-state index contributed by atoms with van der Waals surface area (Å²) >= 11 is 0. The molecule has 38 heavy (non-hydrogen) atoms. The molecule has 0 unspecified atom stereocenters. The highest BCUT2D eigenvalue weighted by atomic mass is 16.3. The number of fused-ring (bicyclic) bond motifs is 1. The lowest BCUT2D eigenvalue weighted by Crippen LogP contribution is -2.37. The van der Waals surface area contributed by atoms with Gasteiger partial charge in [0.15, 0.2) is 0 Å². The number of nitrogens with one attached hydrogen (secondary N) is 1. The molecule has 1 aromatic carbocycles. The van der Waals surface area contributed by atoms with Gasteiger partial charge in [0.25, 0.3) is 11.5 Å². The molecule has 192 valence electrons. The summed E-state index contributed by atoms with van der Waals surface area (Å²) in [5.74, 6) is 1.04. The van der Waals surface area contributed by atoms with Crippen molar-refractivity contribution >= 4 is 23.4 Å². The van der Waals surface area contributed by atoms with Crippen molar-refractivity contribution in [2.24, 2.45) is 5.92 Å². The number of carbonyl (C=O) groups excluding carboxylic acids is 1. The standard InChI is InChI=1S/C30H29N5O3/c1-21-7-5-13-35-27(21)33-28(34-14-11-23(12-15-34)17-22-8-3-2-4-9-22)26(30(35)37)18-24(19-31)29(36)32-20-25-10-6-16-38-25/h2-10,13,16,18,23H,11-12,14-15,17,20H2,1H3,(H,32,36). The van der Waals surface area contributed by atoms with Gasteiger partial charge in [-0.2, -0.15) is 5.26 Å². The molecule has 1 aliphatic heterocycles. The van der Waals surface area contributed by atoms with Gasteiger partial charge in [-0.15, -0.1) is 0 Å². The van der Waals surface area contributed by atoms with Gasteiger partial charge in [0.1, 0.15) is 28.9 Å². The van der Waals surface area contributed by atoms with Gasteiger partial charge in [-0.1, -0.05) is 36.4 Å². The molecule has 3 aromatic heterocycles. The van der Waals surface area contributed by atoms with Crippen LogP contribution in [0.25, 0.3) is 11.7 Å². The van der Waals surface area contributed by atoms with Crippen LogP contribution in [0.2, 0.25) is 0 Å².